The van der Waals surface area contributed by atoms with Crippen LogP contribution in [0.2, 0.25) is 0 Å². The lowest BCUT2D eigenvalue weighted by Gasteiger charge is -2.17. The molecule has 3 rings (SSSR count). The van der Waals surface area contributed by atoms with Crippen LogP contribution in [0.3, 0.4) is 0 Å². The van der Waals surface area contributed by atoms with Crippen molar-refractivity contribution in [1.29, 1.82) is 0 Å². The van der Waals surface area contributed by atoms with Crippen molar-refractivity contribution >= 4 is 0 Å². The van der Waals surface area contributed by atoms with Crippen LogP contribution in [-0.2, 0) is 13.0 Å². The lowest BCUT2D eigenvalue weighted by Crippen LogP contribution is -2.15. The van der Waals surface area contributed by atoms with Crippen LogP contribution >= 0.6 is 0 Å². The summed E-state index contributed by atoms with van der Waals surface area (Å²) in [7, 11) is 0. The predicted molar refractivity (Wildman–Crippen MR) is 74.6 cm³/mol. The van der Waals surface area contributed by atoms with Crippen LogP contribution in [0.4, 0.5) is 0 Å². The van der Waals surface area contributed by atoms with E-state index < -0.39 is 0 Å². The van der Waals surface area contributed by atoms with Gasteiger partial charge in [0, 0.05) is 25.0 Å². The monoisotopic (exact) mass is 240 g/mol. The normalized spacial score (nSPS) is 18.7. The van der Waals surface area contributed by atoms with Crippen molar-refractivity contribution in [2.45, 2.75) is 38.8 Å². The van der Waals surface area contributed by atoms with Crippen molar-refractivity contribution in [3.8, 4) is 0 Å². The number of rotatable bonds is 2. The second kappa shape index (κ2) is 4.62. The largest absolute Gasteiger partial charge is 0.349 e. The molecule has 1 aliphatic carbocycles. The Kier molecular flexibility index (Phi) is 2.96. The maximum absolute atomic E-state index is 6.17. The molecule has 94 valence electrons. The fraction of sp³-hybridized carbons (Fsp3) is 0.375. The molecule has 18 heavy (non-hydrogen) atoms. The summed E-state index contributed by atoms with van der Waals surface area (Å²) in [6.45, 7) is 3.12. The van der Waals surface area contributed by atoms with Crippen LogP contribution in [-0.4, -0.2) is 4.57 Å². The Balaban J connectivity index is 1.88. The topological polar surface area (TPSA) is 30.9 Å². The van der Waals surface area contributed by atoms with Crippen molar-refractivity contribution in [3.05, 3.63) is 58.9 Å². The summed E-state index contributed by atoms with van der Waals surface area (Å²) >= 11 is 0. The van der Waals surface area contributed by atoms with E-state index in [9.17, 15) is 0 Å². The maximum Gasteiger partial charge on any atom is 0.0473 e. The van der Waals surface area contributed by atoms with Gasteiger partial charge in [-0.3, -0.25) is 0 Å². The highest BCUT2D eigenvalue weighted by Crippen LogP contribution is 2.28. The molecule has 1 unspecified atom stereocenters. The minimum atomic E-state index is 0.242. The van der Waals surface area contributed by atoms with E-state index in [1.165, 1.54) is 35.1 Å². The second-order valence-electron chi connectivity index (χ2n) is 5.34. The second-order valence-corrected chi connectivity index (χ2v) is 5.34. The van der Waals surface area contributed by atoms with E-state index in [1.54, 1.807) is 0 Å². The minimum Gasteiger partial charge on any atom is -0.349 e. The number of benzene rings is 1. The van der Waals surface area contributed by atoms with E-state index in [2.05, 4.69) is 48.1 Å². The summed E-state index contributed by atoms with van der Waals surface area (Å²) in [6, 6.07) is 8.82. The average Bonchev–Trinajstić information content (AvgIpc) is 2.76. The Morgan fingerprint density at radius 3 is 2.89 bits per heavy atom. The smallest absolute Gasteiger partial charge is 0.0473 e. The van der Waals surface area contributed by atoms with E-state index in [4.69, 9.17) is 5.73 Å². The molecule has 0 radical (unpaired) electrons. The third-order valence-corrected chi connectivity index (χ3v) is 3.97. The van der Waals surface area contributed by atoms with Crippen LogP contribution in [0.1, 0.15) is 41.1 Å². The molecule has 1 atom stereocenters. The number of aromatic nitrogens is 1. The van der Waals surface area contributed by atoms with E-state index in [0.29, 0.717) is 0 Å². The molecular formula is C16H20N2. The first-order valence-electron chi connectivity index (χ1n) is 6.72. The highest BCUT2D eigenvalue weighted by atomic mass is 14.9. The van der Waals surface area contributed by atoms with Gasteiger partial charge in [-0.1, -0.05) is 24.3 Å². The Bertz CT molecular complexity index is 554. The van der Waals surface area contributed by atoms with Gasteiger partial charge >= 0.3 is 0 Å². The molecule has 0 amide bonds. The number of nitrogens with two attached hydrogens (primary N) is 1. The van der Waals surface area contributed by atoms with Gasteiger partial charge in [-0.15, -0.1) is 0 Å². The Morgan fingerprint density at radius 1 is 1.28 bits per heavy atom. The van der Waals surface area contributed by atoms with Crippen LogP contribution in [0.15, 0.2) is 36.7 Å². The average molecular weight is 240 g/mol. The maximum atomic E-state index is 6.17. The van der Waals surface area contributed by atoms with E-state index >= 15 is 0 Å². The summed E-state index contributed by atoms with van der Waals surface area (Å²) < 4.78 is 2.29. The van der Waals surface area contributed by atoms with Crippen LogP contribution in [0.5, 0.6) is 0 Å². The number of fused-ring (bicyclic) bond motifs is 1. The highest BCUT2D eigenvalue weighted by Gasteiger charge is 2.18. The lowest BCUT2D eigenvalue weighted by molar-refractivity contribution is 0.573. The zero-order valence-corrected chi connectivity index (χ0v) is 10.9. The van der Waals surface area contributed by atoms with Crippen molar-refractivity contribution in [1.82, 2.24) is 4.57 Å². The zero-order chi connectivity index (χ0) is 12.5. The molecular weight excluding hydrogens is 220 g/mol. The fourth-order valence-electron chi connectivity index (χ4n) is 2.86. The molecule has 1 heterocycles. The third kappa shape index (κ3) is 2.08. The minimum absolute atomic E-state index is 0.242. The molecule has 1 aromatic heterocycles. The molecule has 0 saturated carbocycles. The molecule has 0 spiro atoms. The molecule has 0 fully saturated rings. The summed E-state index contributed by atoms with van der Waals surface area (Å²) in [6.07, 6.45) is 8.06. The Labute approximate surface area is 108 Å². The fourth-order valence-corrected chi connectivity index (χ4v) is 2.86. The summed E-state index contributed by atoms with van der Waals surface area (Å²) in [5, 5.41) is 0. The molecule has 0 saturated heterocycles. The van der Waals surface area contributed by atoms with Crippen LogP contribution in [0.25, 0.3) is 0 Å². The van der Waals surface area contributed by atoms with Gasteiger partial charge < -0.3 is 10.3 Å². The van der Waals surface area contributed by atoms with Crippen LogP contribution in [0, 0.1) is 6.92 Å². The molecule has 0 aliphatic heterocycles. The number of aryl methyl sites for hydroxylation is 2. The Hall–Kier alpha value is -1.54. The number of hydrogen-bond acceptors (Lipinski definition) is 1. The van der Waals surface area contributed by atoms with Gasteiger partial charge in [-0.05, 0) is 48.4 Å². The van der Waals surface area contributed by atoms with Crippen molar-refractivity contribution in [2.24, 2.45) is 5.73 Å². The summed E-state index contributed by atoms with van der Waals surface area (Å²) in [4.78, 5) is 0. The first-order chi connectivity index (χ1) is 8.74. The van der Waals surface area contributed by atoms with E-state index in [1.807, 2.05) is 0 Å². The lowest BCUT2D eigenvalue weighted by atomic mass is 9.92. The standard InChI is InChI=1S/C16H20N2/c1-12-5-2-3-6-13(12)9-18-10-14-7-4-8-16(17)15(14)11-18/h2-3,5-6,10-11,16H,4,7-9,17H2,1H3. The van der Waals surface area contributed by atoms with Crippen LogP contribution < -0.4 is 5.73 Å². The third-order valence-electron chi connectivity index (χ3n) is 3.97. The van der Waals surface area contributed by atoms with Gasteiger partial charge in [0.1, 0.15) is 0 Å². The molecule has 0 bridgehead atoms. The zero-order valence-electron chi connectivity index (χ0n) is 10.9. The molecule has 1 aliphatic rings. The van der Waals surface area contributed by atoms with Crippen molar-refractivity contribution in [2.75, 3.05) is 0 Å². The van der Waals surface area contributed by atoms with Gasteiger partial charge in [0.25, 0.3) is 0 Å². The molecule has 2 heteroatoms. The van der Waals surface area contributed by atoms with Gasteiger partial charge in [0.05, 0.1) is 0 Å². The number of hydrogen-bond donors (Lipinski definition) is 1. The van der Waals surface area contributed by atoms with Gasteiger partial charge in [-0.25, -0.2) is 0 Å². The van der Waals surface area contributed by atoms with Crippen molar-refractivity contribution < 1.29 is 0 Å². The van der Waals surface area contributed by atoms with Crippen molar-refractivity contribution in [3.63, 3.8) is 0 Å². The van der Waals surface area contributed by atoms with E-state index in [-0.39, 0.29) is 6.04 Å². The predicted octanol–water partition coefficient (Wildman–Crippen LogP) is 3.18. The number of nitrogens with zero attached hydrogens (tertiary/aromatic N) is 1. The highest BCUT2D eigenvalue weighted by molar-refractivity contribution is 5.32. The van der Waals surface area contributed by atoms with Gasteiger partial charge in [0.15, 0.2) is 0 Å². The molecule has 1 aromatic carbocycles. The first-order valence-corrected chi connectivity index (χ1v) is 6.72. The molecule has 2 N–H and O–H groups in total. The van der Waals surface area contributed by atoms with Gasteiger partial charge in [0.2, 0.25) is 0 Å². The van der Waals surface area contributed by atoms with E-state index in [0.717, 1.165) is 13.0 Å². The Morgan fingerprint density at radius 2 is 2.11 bits per heavy atom. The molecule has 2 nitrogen and oxygen atoms in total. The SMILES string of the molecule is Cc1ccccc1Cn1cc2c(c1)C(N)CCC2. The summed E-state index contributed by atoms with van der Waals surface area (Å²) in [5.41, 5.74) is 11.7. The first kappa shape index (κ1) is 11.5. The summed E-state index contributed by atoms with van der Waals surface area (Å²) in [5.74, 6) is 0. The molecule has 2 aromatic rings. The quantitative estimate of drug-likeness (QED) is 0.858. The van der Waals surface area contributed by atoms with Gasteiger partial charge in [-0.2, -0.15) is 0 Å².